The van der Waals surface area contributed by atoms with E-state index in [-0.39, 0.29) is 18.2 Å². The average molecular weight is 417 g/mol. The Morgan fingerprint density at radius 2 is 2.14 bits per heavy atom. The zero-order chi connectivity index (χ0) is 19.3. The lowest BCUT2D eigenvalue weighted by atomic mass is 10.1. The molecule has 0 aliphatic carbocycles. The van der Waals surface area contributed by atoms with Gasteiger partial charge >= 0.3 is 0 Å². The highest BCUT2D eigenvalue weighted by Gasteiger charge is 2.21. The van der Waals surface area contributed by atoms with Gasteiger partial charge in [-0.05, 0) is 34.9 Å². The van der Waals surface area contributed by atoms with Crippen molar-refractivity contribution in [2.75, 3.05) is 13.1 Å². The normalized spacial score (nSPS) is 13.4. The van der Waals surface area contributed by atoms with Crippen molar-refractivity contribution in [3.8, 4) is 10.7 Å². The molecule has 0 atom stereocenters. The fraction of sp³-hybridized carbons (Fsp3) is 0.368. The molecule has 1 aliphatic rings. The SMILES string of the molecule is O=C(CCc1nc(-c2cccs2)no1)NCCC(=O)N1CCc2sccc2C1. The average Bonchev–Trinajstić information content (AvgIpc) is 3.46. The fourth-order valence-corrected chi connectivity index (χ4v) is 4.64. The number of thiophene rings is 2. The number of nitrogens with one attached hydrogen (secondary N) is 1. The number of fused-ring (bicyclic) bond motifs is 1. The summed E-state index contributed by atoms with van der Waals surface area (Å²) < 4.78 is 5.19. The van der Waals surface area contributed by atoms with Crippen molar-refractivity contribution in [3.05, 3.63) is 45.3 Å². The first-order valence-corrected chi connectivity index (χ1v) is 10.9. The number of aryl methyl sites for hydroxylation is 1. The molecule has 1 aliphatic heterocycles. The molecule has 3 aromatic rings. The van der Waals surface area contributed by atoms with E-state index in [9.17, 15) is 9.59 Å². The van der Waals surface area contributed by atoms with Crippen molar-refractivity contribution < 1.29 is 14.1 Å². The molecular formula is C19H20N4O3S2. The van der Waals surface area contributed by atoms with E-state index in [1.54, 1.807) is 11.3 Å². The first-order chi connectivity index (χ1) is 13.7. The first-order valence-electron chi connectivity index (χ1n) is 9.15. The number of nitrogens with zero attached hydrogens (tertiary/aromatic N) is 3. The number of carbonyl (C=O) groups excluding carboxylic acids is 2. The highest BCUT2D eigenvalue weighted by molar-refractivity contribution is 7.13. The van der Waals surface area contributed by atoms with Crippen molar-refractivity contribution in [3.63, 3.8) is 0 Å². The molecule has 0 spiro atoms. The van der Waals surface area contributed by atoms with Crippen molar-refractivity contribution >= 4 is 34.5 Å². The summed E-state index contributed by atoms with van der Waals surface area (Å²) in [6.07, 6.45) is 1.87. The van der Waals surface area contributed by atoms with Gasteiger partial charge < -0.3 is 14.7 Å². The summed E-state index contributed by atoms with van der Waals surface area (Å²) >= 11 is 3.29. The lowest BCUT2D eigenvalue weighted by molar-refractivity contribution is -0.132. The quantitative estimate of drug-likeness (QED) is 0.640. The first kappa shape index (κ1) is 18.8. The molecule has 28 heavy (non-hydrogen) atoms. The van der Waals surface area contributed by atoms with Crippen LogP contribution >= 0.6 is 22.7 Å². The van der Waals surface area contributed by atoms with E-state index < -0.39 is 0 Å². The Morgan fingerprint density at radius 3 is 3.00 bits per heavy atom. The second-order valence-electron chi connectivity index (χ2n) is 6.52. The van der Waals surface area contributed by atoms with Crippen molar-refractivity contribution in [2.45, 2.75) is 32.2 Å². The van der Waals surface area contributed by atoms with Crippen LogP contribution in [0.5, 0.6) is 0 Å². The Hall–Kier alpha value is -2.52. The molecule has 2 amide bonds. The maximum Gasteiger partial charge on any atom is 0.227 e. The predicted octanol–water partition coefficient (Wildman–Crippen LogP) is 2.88. The molecule has 4 heterocycles. The minimum atomic E-state index is -0.123. The molecule has 0 saturated heterocycles. The third-order valence-corrected chi connectivity index (χ3v) is 6.49. The van der Waals surface area contributed by atoms with Crippen LogP contribution in [0.4, 0.5) is 0 Å². The number of carbonyl (C=O) groups is 2. The van der Waals surface area contributed by atoms with Crippen LogP contribution in [-0.2, 0) is 29.0 Å². The molecule has 0 radical (unpaired) electrons. The van der Waals surface area contributed by atoms with Crippen LogP contribution in [0.1, 0.15) is 29.2 Å². The molecule has 7 nitrogen and oxygen atoms in total. The molecule has 4 rings (SSSR count). The van der Waals surface area contributed by atoms with E-state index in [1.165, 1.54) is 21.8 Å². The Bertz CT molecular complexity index is 948. The monoisotopic (exact) mass is 416 g/mol. The lowest BCUT2D eigenvalue weighted by Crippen LogP contribution is -2.37. The molecule has 0 fully saturated rings. The molecule has 0 unspecified atom stereocenters. The van der Waals surface area contributed by atoms with Gasteiger partial charge in [0.25, 0.3) is 0 Å². The Kier molecular flexibility index (Phi) is 5.82. The van der Waals surface area contributed by atoms with E-state index in [2.05, 4.69) is 26.9 Å². The van der Waals surface area contributed by atoms with Crippen LogP contribution in [0.25, 0.3) is 10.7 Å². The minimum absolute atomic E-state index is 0.0784. The van der Waals surface area contributed by atoms with Gasteiger partial charge in [-0.15, -0.1) is 22.7 Å². The Labute approximate surface area is 170 Å². The van der Waals surface area contributed by atoms with Crippen LogP contribution in [0, 0.1) is 0 Å². The van der Waals surface area contributed by atoms with Crippen LogP contribution in [0.15, 0.2) is 33.5 Å². The van der Waals surface area contributed by atoms with E-state index in [0.717, 1.165) is 17.8 Å². The second-order valence-corrected chi connectivity index (χ2v) is 8.47. The molecule has 1 N–H and O–H groups in total. The van der Waals surface area contributed by atoms with Crippen LogP contribution in [-0.4, -0.2) is 39.9 Å². The standard InChI is InChI=1S/C19H20N4O3S2/c24-16(3-4-17-21-19(22-26-17)15-2-1-10-27-15)20-8-5-18(25)23-9-6-14-13(12-23)7-11-28-14/h1-2,7,10-11H,3-6,8-9,12H2,(H,20,24). The van der Waals surface area contributed by atoms with Gasteiger partial charge in [0.2, 0.25) is 23.5 Å². The molecule has 146 valence electrons. The molecule has 0 saturated carbocycles. The van der Waals surface area contributed by atoms with Gasteiger partial charge in [0.1, 0.15) is 0 Å². The zero-order valence-corrected chi connectivity index (χ0v) is 16.9. The highest BCUT2D eigenvalue weighted by Crippen LogP contribution is 2.24. The maximum atomic E-state index is 12.4. The van der Waals surface area contributed by atoms with Crippen LogP contribution in [0.3, 0.4) is 0 Å². The number of rotatable bonds is 7. The van der Waals surface area contributed by atoms with E-state index in [0.29, 0.717) is 37.6 Å². The summed E-state index contributed by atoms with van der Waals surface area (Å²) in [5, 5.41) is 10.8. The van der Waals surface area contributed by atoms with Gasteiger partial charge in [0.15, 0.2) is 0 Å². The van der Waals surface area contributed by atoms with Crippen LogP contribution < -0.4 is 5.32 Å². The van der Waals surface area contributed by atoms with Gasteiger partial charge in [-0.2, -0.15) is 4.98 Å². The third-order valence-electron chi connectivity index (χ3n) is 4.60. The number of hydrogen-bond donors (Lipinski definition) is 1. The summed E-state index contributed by atoms with van der Waals surface area (Å²) in [6, 6.07) is 5.93. The van der Waals surface area contributed by atoms with Crippen molar-refractivity contribution in [1.29, 1.82) is 0 Å². The Balaban J connectivity index is 1.16. The van der Waals surface area contributed by atoms with Gasteiger partial charge in [0.05, 0.1) is 4.88 Å². The van der Waals surface area contributed by atoms with Gasteiger partial charge in [-0.3, -0.25) is 9.59 Å². The molecule has 0 aromatic carbocycles. The topological polar surface area (TPSA) is 88.3 Å². The molecule has 0 bridgehead atoms. The van der Waals surface area contributed by atoms with E-state index in [4.69, 9.17) is 4.52 Å². The van der Waals surface area contributed by atoms with Crippen molar-refractivity contribution in [2.24, 2.45) is 0 Å². The summed E-state index contributed by atoms with van der Waals surface area (Å²) in [5.41, 5.74) is 1.25. The largest absolute Gasteiger partial charge is 0.356 e. The number of hydrogen-bond acceptors (Lipinski definition) is 7. The van der Waals surface area contributed by atoms with Crippen LogP contribution in [0.2, 0.25) is 0 Å². The number of aromatic nitrogens is 2. The van der Waals surface area contributed by atoms with E-state index >= 15 is 0 Å². The maximum absolute atomic E-state index is 12.4. The zero-order valence-electron chi connectivity index (χ0n) is 15.2. The fourth-order valence-electron chi connectivity index (χ4n) is 3.10. The Morgan fingerprint density at radius 1 is 1.21 bits per heavy atom. The molecular weight excluding hydrogens is 396 g/mol. The smallest absolute Gasteiger partial charge is 0.227 e. The predicted molar refractivity (Wildman–Crippen MR) is 107 cm³/mol. The molecule has 3 aromatic heterocycles. The summed E-state index contributed by atoms with van der Waals surface area (Å²) in [4.78, 5) is 32.8. The minimum Gasteiger partial charge on any atom is -0.356 e. The van der Waals surface area contributed by atoms with Crippen molar-refractivity contribution in [1.82, 2.24) is 20.4 Å². The summed E-state index contributed by atoms with van der Waals surface area (Å²) in [6.45, 7) is 1.77. The second kappa shape index (κ2) is 8.66. The summed E-state index contributed by atoms with van der Waals surface area (Å²) in [7, 11) is 0. The van der Waals surface area contributed by atoms with Gasteiger partial charge in [-0.1, -0.05) is 11.2 Å². The number of amides is 2. The van der Waals surface area contributed by atoms with E-state index in [1.807, 2.05) is 22.4 Å². The highest BCUT2D eigenvalue weighted by atomic mass is 32.1. The summed E-state index contributed by atoms with van der Waals surface area (Å²) in [5.74, 6) is 0.943. The van der Waals surface area contributed by atoms with Gasteiger partial charge in [-0.25, -0.2) is 0 Å². The lowest BCUT2D eigenvalue weighted by Gasteiger charge is -2.27. The van der Waals surface area contributed by atoms with Gasteiger partial charge in [0, 0.05) is 43.8 Å². The molecule has 9 heteroatoms. The third kappa shape index (κ3) is 4.48.